The summed E-state index contributed by atoms with van der Waals surface area (Å²) >= 11 is 0. The van der Waals surface area contributed by atoms with Crippen molar-refractivity contribution in [3.05, 3.63) is 0 Å². The molecule has 1 aliphatic rings. The minimum absolute atomic E-state index is 0.252. The summed E-state index contributed by atoms with van der Waals surface area (Å²) in [6.45, 7) is 0.299. The molecule has 0 atom stereocenters. The van der Waals surface area contributed by atoms with Gasteiger partial charge in [-0.3, -0.25) is 4.79 Å². The van der Waals surface area contributed by atoms with Gasteiger partial charge in [-0.25, -0.2) is 0 Å². The number of amidine groups is 1. The highest BCUT2D eigenvalue weighted by Crippen LogP contribution is 1.97. The highest BCUT2D eigenvalue weighted by atomic mass is 16.5. The topological polar surface area (TPSA) is 77.0 Å². The Morgan fingerprint density at radius 3 is 2.89 bits per heavy atom. The van der Waals surface area contributed by atoms with Crippen LogP contribution in [-0.4, -0.2) is 18.2 Å². The number of carbonyl (C=O) groups is 1. The number of nitrogens with zero attached hydrogens (tertiary/aromatic N) is 2. The molecule has 1 rings (SSSR count). The zero-order chi connectivity index (χ0) is 6.69. The minimum Gasteiger partial charge on any atom is -0.412 e. The van der Waals surface area contributed by atoms with Crippen molar-refractivity contribution in [2.45, 2.75) is 6.42 Å². The Morgan fingerprint density at radius 2 is 2.44 bits per heavy atom. The van der Waals surface area contributed by atoms with E-state index in [0.717, 1.165) is 0 Å². The lowest BCUT2D eigenvalue weighted by atomic mass is 10.4. The average Bonchev–Trinajstić information content (AvgIpc) is 2.17. The number of rotatable bonds is 1. The van der Waals surface area contributed by atoms with Crippen molar-refractivity contribution in [1.82, 2.24) is 0 Å². The quantitative estimate of drug-likeness (QED) is 0.470. The zero-order valence-electron chi connectivity index (χ0n) is 4.57. The van der Waals surface area contributed by atoms with Crippen LogP contribution in [0.15, 0.2) is 10.2 Å². The molecule has 0 aromatic heterocycles. The molecule has 0 saturated carbocycles. The van der Waals surface area contributed by atoms with E-state index in [2.05, 4.69) is 14.9 Å². The number of ether oxygens (including phenoxy) is 1. The van der Waals surface area contributed by atoms with Crippen molar-refractivity contribution in [2.75, 3.05) is 0 Å². The highest BCUT2D eigenvalue weighted by molar-refractivity contribution is 6.03. The Labute approximate surface area is 51.2 Å². The molecule has 9 heavy (non-hydrogen) atoms. The SMILES string of the molecule is NC1=NN=C(OC=O)C1. The molecule has 0 fully saturated rings. The van der Waals surface area contributed by atoms with Gasteiger partial charge in [-0.1, -0.05) is 0 Å². The molecule has 0 bridgehead atoms. The fourth-order valence-electron chi connectivity index (χ4n) is 0.466. The van der Waals surface area contributed by atoms with Crippen molar-refractivity contribution >= 4 is 18.2 Å². The van der Waals surface area contributed by atoms with Gasteiger partial charge in [0.25, 0.3) is 6.47 Å². The van der Waals surface area contributed by atoms with Gasteiger partial charge in [0.05, 0.1) is 6.42 Å². The maximum absolute atomic E-state index is 9.67. The first-order valence-electron chi connectivity index (χ1n) is 2.32. The average molecular weight is 127 g/mol. The minimum atomic E-state index is 0.252. The van der Waals surface area contributed by atoms with E-state index in [0.29, 0.717) is 18.7 Å². The third-order valence-electron chi connectivity index (χ3n) is 0.806. The first-order chi connectivity index (χ1) is 4.33. The van der Waals surface area contributed by atoms with E-state index in [-0.39, 0.29) is 5.90 Å². The number of carbonyl (C=O) groups excluding carboxylic acids is 1. The molecule has 0 aromatic rings. The van der Waals surface area contributed by atoms with Crippen LogP contribution in [0.3, 0.4) is 0 Å². The number of hydrogen-bond donors (Lipinski definition) is 1. The molecule has 1 heterocycles. The second kappa shape index (κ2) is 2.25. The molecule has 0 amide bonds. The third kappa shape index (κ3) is 1.25. The summed E-state index contributed by atoms with van der Waals surface area (Å²) < 4.78 is 4.35. The molecular weight excluding hydrogens is 122 g/mol. The third-order valence-corrected chi connectivity index (χ3v) is 0.806. The van der Waals surface area contributed by atoms with E-state index in [9.17, 15) is 4.79 Å². The van der Waals surface area contributed by atoms with E-state index < -0.39 is 0 Å². The summed E-state index contributed by atoms with van der Waals surface area (Å²) in [5.74, 6) is 0.620. The van der Waals surface area contributed by atoms with Gasteiger partial charge in [0.15, 0.2) is 0 Å². The number of nitrogens with two attached hydrogens (primary N) is 1. The van der Waals surface area contributed by atoms with Crippen molar-refractivity contribution in [2.24, 2.45) is 15.9 Å². The van der Waals surface area contributed by atoms with Crippen molar-refractivity contribution in [3.63, 3.8) is 0 Å². The monoisotopic (exact) mass is 127 g/mol. The highest BCUT2D eigenvalue weighted by Gasteiger charge is 2.08. The van der Waals surface area contributed by atoms with Crippen LogP contribution in [0.25, 0.3) is 0 Å². The Hall–Kier alpha value is -1.39. The van der Waals surface area contributed by atoms with Crippen LogP contribution in [0.1, 0.15) is 6.42 Å². The lowest BCUT2D eigenvalue weighted by Crippen LogP contribution is -2.13. The van der Waals surface area contributed by atoms with Crippen LogP contribution in [0.5, 0.6) is 0 Å². The fraction of sp³-hybridized carbons (Fsp3) is 0.250. The normalized spacial score (nSPS) is 16.4. The van der Waals surface area contributed by atoms with Gasteiger partial charge in [0.1, 0.15) is 5.84 Å². The predicted octanol–water partition coefficient (Wildman–Crippen LogP) is -0.766. The molecule has 5 heteroatoms. The lowest BCUT2D eigenvalue weighted by molar-refractivity contribution is -0.121. The molecule has 5 nitrogen and oxygen atoms in total. The first kappa shape index (κ1) is 5.74. The van der Waals surface area contributed by atoms with Gasteiger partial charge in [-0.05, 0) is 0 Å². The van der Waals surface area contributed by atoms with Crippen molar-refractivity contribution in [3.8, 4) is 0 Å². The molecule has 1 aliphatic heterocycles. The van der Waals surface area contributed by atoms with Crippen molar-refractivity contribution < 1.29 is 9.53 Å². The Bertz CT molecular complexity index is 184. The molecule has 0 aliphatic carbocycles. The first-order valence-corrected chi connectivity index (χ1v) is 2.32. The van der Waals surface area contributed by atoms with E-state index in [1.165, 1.54) is 0 Å². The molecule has 0 saturated heterocycles. The Kier molecular flexibility index (Phi) is 1.44. The Morgan fingerprint density at radius 1 is 1.67 bits per heavy atom. The molecule has 0 radical (unpaired) electrons. The predicted molar refractivity (Wildman–Crippen MR) is 30.8 cm³/mol. The van der Waals surface area contributed by atoms with Gasteiger partial charge in [0, 0.05) is 0 Å². The van der Waals surface area contributed by atoms with Gasteiger partial charge < -0.3 is 10.5 Å². The maximum atomic E-state index is 9.67. The second-order valence-electron chi connectivity index (χ2n) is 1.48. The number of hydrogen-bond acceptors (Lipinski definition) is 5. The van der Waals surface area contributed by atoms with Crippen LogP contribution < -0.4 is 5.73 Å². The van der Waals surface area contributed by atoms with Crippen LogP contribution >= 0.6 is 0 Å². The van der Waals surface area contributed by atoms with Gasteiger partial charge in [0.2, 0.25) is 5.90 Å². The zero-order valence-corrected chi connectivity index (χ0v) is 4.57. The van der Waals surface area contributed by atoms with Gasteiger partial charge >= 0.3 is 0 Å². The smallest absolute Gasteiger partial charge is 0.299 e. The largest absolute Gasteiger partial charge is 0.412 e. The summed E-state index contributed by atoms with van der Waals surface area (Å²) in [6.07, 6.45) is 0.332. The maximum Gasteiger partial charge on any atom is 0.299 e. The summed E-state index contributed by atoms with van der Waals surface area (Å²) in [7, 11) is 0. The molecule has 0 aromatic carbocycles. The molecule has 0 spiro atoms. The fourth-order valence-corrected chi connectivity index (χ4v) is 0.466. The second-order valence-corrected chi connectivity index (χ2v) is 1.48. The molecular formula is C4H5N3O2. The van der Waals surface area contributed by atoms with Crippen molar-refractivity contribution in [1.29, 1.82) is 0 Å². The standard InChI is InChI=1S/C4H5N3O2/c5-3-1-4(7-6-3)9-2-8/h2H,1H2,(H2,5,6). The van der Waals surface area contributed by atoms with Crippen LogP contribution in [-0.2, 0) is 9.53 Å². The molecule has 48 valence electrons. The summed E-state index contributed by atoms with van der Waals surface area (Å²) in [5.41, 5.74) is 5.19. The van der Waals surface area contributed by atoms with E-state index >= 15 is 0 Å². The van der Waals surface area contributed by atoms with Crippen LogP contribution in [0.4, 0.5) is 0 Å². The van der Waals surface area contributed by atoms with Gasteiger partial charge in [-0.2, -0.15) is 0 Å². The molecule has 2 N–H and O–H groups in total. The Balaban J connectivity index is 2.43. The van der Waals surface area contributed by atoms with E-state index in [1.54, 1.807) is 0 Å². The van der Waals surface area contributed by atoms with Crippen LogP contribution in [0.2, 0.25) is 0 Å². The van der Waals surface area contributed by atoms with E-state index in [1.807, 2.05) is 0 Å². The summed E-state index contributed by atoms with van der Waals surface area (Å²) in [5, 5.41) is 6.87. The lowest BCUT2D eigenvalue weighted by Gasteiger charge is -1.90. The molecule has 0 unspecified atom stereocenters. The van der Waals surface area contributed by atoms with Crippen LogP contribution in [0, 0.1) is 0 Å². The summed E-state index contributed by atoms with van der Waals surface area (Å²) in [4.78, 5) is 9.67. The summed E-state index contributed by atoms with van der Waals surface area (Å²) in [6, 6.07) is 0. The van der Waals surface area contributed by atoms with E-state index in [4.69, 9.17) is 5.73 Å². The van der Waals surface area contributed by atoms with Gasteiger partial charge in [-0.15, -0.1) is 10.2 Å².